The fourth-order valence-electron chi connectivity index (χ4n) is 2.06. The Morgan fingerprint density at radius 3 is 2.00 bits per heavy atom. The number of ether oxygens (including phenoxy) is 2. The molecule has 0 bridgehead atoms. The number of halogens is 2. The summed E-state index contributed by atoms with van der Waals surface area (Å²) in [6.45, 7) is 0. The van der Waals surface area contributed by atoms with Crippen molar-refractivity contribution in [3.8, 4) is 17.6 Å². The first-order valence-electron chi connectivity index (χ1n) is 5.94. The molecule has 2 aliphatic rings. The van der Waals surface area contributed by atoms with Crippen molar-refractivity contribution in [3.05, 3.63) is 12.1 Å². The average Bonchev–Trinajstić information content (AvgIpc) is 2.90. The predicted molar refractivity (Wildman–Crippen MR) is 70.8 cm³/mol. The minimum absolute atomic E-state index is 0.00309. The molecule has 118 valence electrons. The molecule has 22 heavy (non-hydrogen) atoms. The van der Waals surface area contributed by atoms with E-state index < -0.39 is 21.3 Å². The van der Waals surface area contributed by atoms with Gasteiger partial charge < -0.3 is 20.1 Å². The molecule has 0 amide bonds. The van der Waals surface area contributed by atoms with E-state index in [9.17, 15) is 22.5 Å². The van der Waals surface area contributed by atoms with Crippen molar-refractivity contribution in [1.29, 1.82) is 5.26 Å². The second-order valence-electron chi connectivity index (χ2n) is 4.83. The number of fused-ring (bicyclic) bond motifs is 2. The van der Waals surface area contributed by atoms with E-state index in [0.29, 0.717) is 0 Å². The highest BCUT2D eigenvalue weighted by molar-refractivity contribution is 7.90. The lowest BCUT2D eigenvalue weighted by molar-refractivity contribution is 0.0497. The normalized spacial score (nSPS) is 20.0. The van der Waals surface area contributed by atoms with Crippen LogP contribution in [0, 0.1) is 11.3 Å². The number of nitrogens with zero attached hydrogens (tertiary/aromatic N) is 2. The number of nitrogens with one attached hydrogen (secondary N) is 2. The van der Waals surface area contributed by atoms with Crippen LogP contribution in [0.4, 0.5) is 20.2 Å². The Morgan fingerprint density at radius 1 is 1.18 bits per heavy atom. The van der Waals surface area contributed by atoms with Gasteiger partial charge in [-0.2, -0.15) is 14.0 Å². The van der Waals surface area contributed by atoms with Crippen molar-refractivity contribution in [2.45, 2.75) is 11.3 Å². The third-order valence-corrected chi connectivity index (χ3v) is 5.01. The lowest BCUT2D eigenvalue weighted by Crippen LogP contribution is -2.51. The third-order valence-electron chi connectivity index (χ3n) is 3.11. The Morgan fingerprint density at radius 2 is 1.64 bits per heavy atom. The van der Waals surface area contributed by atoms with E-state index in [2.05, 4.69) is 0 Å². The molecular formula is C11H10F2N4O4S. The molecule has 0 unspecified atom stereocenters. The molecule has 2 aliphatic heterocycles. The zero-order chi connectivity index (χ0) is 16.3. The van der Waals surface area contributed by atoms with E-state index in [1.807, 2.05) is 10.6 Å². The number of alkyl halides is 2. The van der Waals surface area contributed by atoms with Crippen molar-refractivity contribution < 1.29 is 26.7 Å². The number of rotatable bonds is 2. The molecule has 1 aromatic carbocycles. The topological polar surface area (TPSA) is 104 Å². The maximum atomic E-state index is 13.2. The fraction of sp³-hybridized carbons (Fsp3) is 0.364. The zero-order valence-electron chi connectivity index (χ0n) is 11.3. The van der Waals surface area contributed by atoms with Crippen LogP contribution in [0.3, 0.4) is 0 Å². The van der Waals surface area contributed by atoms with Crippen LogP contribution in [0.15, 0.2) is 12.1 Å². The van der Waals surface area contributed by atoms with Crippen LogP contribution in [-0.2, 0) is 10.0 Å². The summed E-state index contributed by atoms with van der Waals surface area (Å²) in [6, 6.07) is 3.76. The SMILES string of the molecule is CN(C)S(=O)(=O)C1(C#N)Oc2cc3c(cc2O1)NC(F)(F)N3. The number of benzene rings is 1. The first kappa shape index (κ1) is 14.6. The molecule has 1 aromatic rings. The minimum Gasteiger partial charge on any atom is -0.424 e. The molecule has 0 fully saturated rings. The number of anilines is 2. The van der Waals surface area contributed by atoms with Gasteiger partial charge in [0.1, 0.15) is 0 Å². The maximum Gasteiger partial charge on any atom is 0.464 e. The third kappa shape index (κ3) is 1.84. The van der Waals surface area contributed by atoms with Gasteiger partial charge in [-0.25, -0.2) is 12.7 Å². The number of hydrogen-bond donors (Lipinski definition) is 2. The van der Waals surface area contributed by atoms with Gasteiger partial charge in [-0.15, -0.1) is 0 Å². The minimum atomic E-state index is -4.25. The van der Waals surface area contributed by atoms with E-state index in [-0.39, 0.29) is 22.9 Å². The van der Waals surface area contributed by atoms with Crippen LogP contribution in [0.5, 0.6) is 11.5 Å². The second-order valence-corrected chi connectivity index (χ2v) is 7.05. The summed E-state index contributed by atoms with van der Waals surface area (Å²) in [6.07, 6.45) is -3.33. The lowest BCUT2D eigenvalue weighted by atomic mass is 10.2. The number of sulfonamides is 1. The summed E-state index contributed by atoms with van der Waals surface area (Å²) in [5.41, 5.74) is 0.00619. The van der Waals surface area contributed by atoms with Gasteiger partial charge in [-0.3, -0.25) is 0 Å². The molecule has 8 nitrogen and oxygen atoms in total. The molecule has 11 heteroatoms. The van der Waals surface area contributed by atoms with Crippen LogP contribution >= 0.6 is 0 Å². The van der Waals surface area contributed by atoms with Gasteiger partial charge in [0, 0.05) is 26.2 Å². The first-order chi connectivity index (χ1) is 10.1. The Kier molecular flexibility index (Phi) is 2.73. The molecule has 0 saturated heterocycles. The summed E-state index contributed by atoms with van der Waals surface area (Å²) >= 11 is 0. The van der Waals surface area contributed by atoms with Crippen molar-refractivity contribution >= 4 is 21.4 Å². The summed E-state index contributed by atoms with van der Waals surface area (Å²) in [4.78, 5) is 0. The van der Waals surface area contributed by atoms with Crippen molar-refractivity contribution in [2.24, 2.45) is 0 Å². The Balaban J connectivity index is 2.04. The highest BCUT2D eigenvalue weighted by atomic mass is 32.2. The highest BCUT2D eigenvalue weighted by Gasteiger charge is 2.57. The van der Waals surface area contributed by atoms with E-state index in [0.717, 1.165) is 16.4 Å². The molecule has 0 aromatic heterocycles. The number of hydrogen-bond acceptors (Lipinski definition) is 7. The van der Waals surface area contributed by atoms with Gasteiger partial charge >= 0.3 is 21.3 Å². The van der Waals surface area contributed by atoms with E-state index in [1.165, 1.54) is 20.2 Å². The Hall–Kier alpha value is -2.32. The summed E-state index contributed by atoms with van der Waals surface area (Å²) in [5, 5.41) is 10.4. The Bertz CT molecular complexity index is 766. The smallest absolute Gasteiger partial charge is 0.424 e. The molecular weight excluding hydrogens is 322 g/mol. The standard InChI is InChI=1S/C11H10F2N4O4S/c1-17(2)22(18,19)10(5-14)20-8-3-6-7(4-9(8)21-10)16-11(12,13)15-6/h3-4,15-16H,1-2H3. The van der Waals surface area contributed by atoms with Crippen LogP contribution in [0.25, 0.3) is 0 Å². The maximum absolute atomic E-state index is 13.2. The van der Waals surface area contributed by atoms with Gasteiger partial charge in [0.25, 0.3) is 0 Å². The van der Waals surface area contributed by atoms with Crippen LogP contribution < -0.4 is 20.1 Å². The number of nitriles is 1. The second kappa shape index (κ2) is 4.11. The van der Waals surface area contributed by atoms with Crippen LogP contribution in [0.2, 0.25) is 0 Å². The molecule has 2 heterocycles. The first-order valence-corrected chi connectivity index (χ1v) is 7.38. The van der Waals surface area contributed by atoms with Crippen molar-refractivity contribution in [1.82, 2.24) is 4.31 Å². The summed E-state index contributed by atoms with van der Waals surface area (Å²) in [7, 11) is -1.82. The molecule has 0 saturated carbocycles. The highest BCUT2D eigenvalue weighted by Crippen LogP contribution is 2.49. The quantitative estimate of drug-likeness (QED) is 0.776. The fourth-order valence-corrected chi connectivity index (χ4v) is 3.04. The van der Waals surface area contributed by atoms with Gasteiger partial charge in [-0.05, 0) is 0 Å². The van der Waals surface area contributed by atoms with Crippen molar-refractivity contribution in [3.63, 3.8) is 0 Å². The summed E-state index contributed by atoms with van der Waals surface area (Å²) in [5.74, 6) is -0.254. The van der Waals surface area contributed by atoms with Crippen LogP contribution in [0.1, 0.15) is 0 Å². The van der Waals surface area contributed by atoms with E-state index in [1.54, 1.807) is 0 Å². The summed E-state index contributed by atoms with van der Waals surface area (Å²) < 4.78 is 61.8. The van der Waals surface area contributed by atoms with Gasteiger partial charge in [0.2, 0.25) is 0 Å². The zero-order valence-corrected chi connectivity index (χ0v) is 12.2. The van der Waals surface area contributed by atoms with E-state index in [4.69, 9.17) is 9.47 Å². The van der Waals surface area contributed by atoms with Gasteiger partial charge in [-0.1, -0.05) is 0 Å². The molecule has 0 aliphatic carbocycles. The molecule has 3 rings (SSSR count). The van der Waals surface area contributed by atoms with Gasteiger partial charge in [0.05, 0.1) is 11.4 Å². The van der Waals surface area contributed by atoms with Crippen molar-refractivity contribution in [2.75, 3.05) is 24.7 Å². The largest absolute Gasteiger partial charge is 0.464 e. The Labute approximate surface area is 124 Å². The molecule has 0 spiro atoms. The molecule has 0 radical (unpaired) electrons. The van der Waals surface area contributed by atoms with E-state index >= 15 is 0 Å². The predicted octanol–water partition coefficient (Wildman–Crippen LogP) is 0.914. The van der Waals surface area contributed by atoms with Gasteiger partial charge in [0.15, 0.2) is 17.6 Å². The molecule has 0 atom stereocenters. The average molecular weight is 332 g/mol. The lowest BCUT2D eigenvalue weighted by Gasteiger charge is -2.22. The molecule has 2 N–H and O–H groups in total. The monoisotopic (exact) mass is 332 g/mol. The van der Waals surface area contributed by atoms with Crippen LogP contribution in [-0.4, -0.2) is 38.1 Å².